The lowest BCUT2D eigenvalue weighted by Crippen LogP contribution is -2.22. The normalized spacial score (nSPS) is 19.2. The Kier molecular flexibility index (Phi) is 4.55. The van der Waals surface area contributed by atoms with E-state index >= 15 is 0 Å². The minimum atomic E-state index is 0.443. The first-order valence-corrected chi connectivity index (χ1v) is 9.04. The fraction of sp³-hybridized carbons (Fsp3) is 0.474. The molecule has 1 aliphatic heterocycles. The number of benzene rings is 1. The van der Waals surface area contributed by atoms with Crippen molar-refractivity contribution in [3.05, 3.63) is 51.2 Å². The molecule has 0 saturated carbocycles. The average molecular weight is 315 g/mol. The van der Waals surface area contributed by atoms with E-state index in [2.05, 4.69) is 49.3 Å². The number of likely N-dealkylation sites (tertiary alicyclic amines) is 1. The summed E-state index contributed by atoms with van der Waals surface area (Å²) in [4.78, 5) is 3.97. The highest BCUT2D eigenvalue weighted by atomic mass is 32.1. The van der Waals surface area contributed by atoms with Crippen molar-refractivity contribution in [2.24, 2.45) is 0 Å². The zero-order valence-electron chi connectivity index (χ0n) is 13.7. The fourth-order valence-electron chi connectivity index (χ4n) is 3.54. The molecule has 1 aromatic heterocycles. The van der Waals surface area contributed by atoms with Crippen LogP contribution < -0.4 is 0 Å². The van der Waals surface area contributed by atoms with Gasteiger partial charge in [0.25, 0.3) is 0 Å². The maximum atomic E-state index is 10.4. The molecule has 3 heteroatoms. The lowest BCUT2D eigenvalue weighted by Gasteiger charge is -2.25. The number of rotatable bonds is 4. The third-order valence-electron chi connectivity index (χ3n) is 4.70. The number of nitrogens with zero attached hydrogens (tertiary/aromatic N) is 1. The largest absolute Gasteiger partial charge is 0.508 e. The van der Waals surface area contributed by atoms with Crippen molar-refractivity contribution in [2.75, 3.05) is 6.54 Å². The van der Waals surface area contributed by atoms with Crippen LogP contribution in [0, 0.1) is 6.92 Å². The maximum absolute atomic E-state index is 10.4. The molecule has 0 radical (unpaired) electrons. The highest BCUT2D eigenvalue weighted by Gasteiger charge is 2.27. The maximum Gasteiger partial charge on any atom is 0.120 e. The number of hydrogen-bond donors (Lipinski definition) is 1. The molecule has 1 aliphatic rings. The van der Waals surface area contributed by atoms with Crippen molar-refractivity contribution < 1.29 is 5.11 Å². The van der Waals surface area contributed by atoms with Crippen LogP contribution in [0.5, 0.6) is 5.75 Å². The number of aromatic hydroxyl groups is 1. The highest BCUT2D eigenvalue weighted by molar-refractivity contribution is 7.10. The van der Waals surface area contributed by atoms with Crippen LogP contribution >= 0.6 is 11.3 Å². The molecule has 0 aliphatic carbocycles. The molecule has 1 fully saturated rings. The Balaban J connectivity index is 1.85. The Morgan fingerprint density at radius 1 is 1.36 bits per heavy atom. The topological polar surface area (TPSA) is 23.5 Å². The molecule has 0 amide bonds. The molecule has 0 bridgehead atoms. The average Bonchev–Trinajstić information content (AvgIpc) is 3.11. The van der Waals surface area contributed by atoms with E-state index in [4.69, 9.17) is 0 Å². The summed E-state index contributed by atoms with van der Waals surface area (Å²) in [5, 5.41) is 12.5. The van der Waals surface area contributed by atoms with Crippen molar-refractivity contribution in [3.8, 4) is 5.75 Å². The predicted octanol–water partition coefficient (Wildman–Crippen LogP) is 5.22. The Labute approximate surface area is 137 Å². The van der Waals surface area contributed by atoms with E-state index in [1.807, 2.05) is 17.4 Å². The Hall–Kier alpha value is -1.32. The Morgan fingerprint density at radius 3 is 2.86 bits per heavy atom. The zero-order chi connectivity index (χ0) is 15.7. The second kappa shape index (κ2) is 6.43. The Bertz CT molecular complexity index is 633. The first-order chi connectivity index (χ1) is 10.6. The number of thiophene rings is 1. The van der Waals surface area contributed by atoms with Crippen LogP contribution in [0.2, 0.25) is 0 Å². The minimum Gasteiger partial charge on any atom is -0.508 e. The molecular formula is C19H25NOS. The molecule has 22 heavy (non-hydrogen) atoms. The van der Waals surface area contributed by atoms with Gasteiger partial charge in [0, 0.05) is 23.0 Å². The van der Waals surface area contributed by atoms with Crippen molar-refractivity contribution >= 4 is 11.3 Å². The first kappa shape index (κ1) is 15.6. The van der Waals surface area contributed by atoms with Crippen molar-refractivity contribution in [2.45, 2.75) is 52.1 Å². The van der Waals surface area contributed by atoms with Crippen LogP contribution in [0.15, 0.2) is 29.6 Å². The number of phenols is 1. The standard InChI is InChI=1S/C19H25NOS/c1-13(2)16-11-15(18(21)10-14(16)3)12-20-8-4-6-17(20)19-7-5-9-22-19/h5,7,9-11,13,17,21H,4,6,8,12H2,1-3H3. The number of hydrogen-bond acceptors (Lipinski definition) is 3. The molecule has 2 heterocycles. The van der Waals surface area contributed by atoms with Gasteiger partial charge in [-0.3, -0.25) is 4.90 Å². The van der Waals surface area contributed by atoms with Gasteiger partial charge in [-0.25, -0.2) is 0 Å². The molecule has 1 aromatic carbocycles. The third-order valence-corrected chi connectivity index (χ3v) is 5.67. The van der Waals surface area contributed by atoms with Crippen molar-refractivity contribution in [1.29, 1.82) is 0 Å². The molecule has 2 nitrogen and oxygen atoms in total. The van der Waals surface area contributed by atoms with Gasteiger partial charge in [0.1, 0.15) is 5.75 Å². The summed E-state index contributed by atoms with van der Waals surface area (Å²) >= 11 is 1.85. The number of aryl methyl sites for hydroxylation is 1. The van der Waals surface area contributed by atoms with E-state index in [1.54, 1.807) is 0 Å². The summed E-state index contributed by atoms with van der Waals surface area (Å²) < 4.78 is 0. The summed E-state index contributed by atoms with van der Waals surface area (Å²) in [7, 11) is 0. The van der Waals surface area contributed by atoms with Crippen LogP contribution in [0.4, 0.5) is 0 Å². The van der Waals surface area contributed by atoms with E-state index in [0.717, 1.165) is 18.7 Å². The van der Waals surface area contributed by atoms with Gasteiger partial charge in [0.15, 0.2) is 0 Å². The van der Waals surface area contributed by atoms with Gasteiger partial charge in [0.05, 0.1) is 0 Å². The molecule has 1 saturated heterocycles. The van der Waals surface area contributed by atoms with E-state index in [0.29, 0.717) is 17.7 Å². The summed E-state index contributed by atoms with van der Waals surface area (Å²) in [5.41, 5.74) is 3.60. The van der Waals surface area contributed by atoms with Gasteiger partial charge in [-0.15, -0.1) is 11.3 Å². The molecule has 1 N–H and O–H groups in total. The summed E-state index contributed by atoms with van der Waals surface area (Å²) in [6.07, 6.45) is 2.47. The first-order valence-electron chi connectivity index (χ1n) is 8.16. The molecule has 2 aromatic rings. The smallest absolute Gasteiger partial charge is 0.120 e. The van der Waals surface area contributed by atoms with Crippen LogP contribution in [-0.4, -0.2) is 16.6 Å². The van der Waals surface area contributed by atoms with Crippen LogP contribution in [0.25, 0.3) is 0 Å². The summed E-state index contributed by atoms with van der Waals surface area (Å²) in [6, 6.07) is 9.03. The van der Waals surface area contributed by atoms with Crippen LogP contribution in [0.1, 0.15) is 60.2 Å². The summed E-state index contributed by atoms with van der Waals surface area (Å²) in [6.45, 7) is 8.48. The SMILES string of the molecule is Cc1cc(O)c(CN2CCCC2c2cccs2)cc1C(C)C. The quantitative estimate of drug-likeness (QED) is 0.836. The van der Waals surface area contributed by atoms with Gasteiger partial charge in [-0.05, 0) is 60.9 Å². The fourth-order valence-corrected chi connectivity index (χ4v) is 4.44. The van der Waals surface area contributed by atoms with Crippen LogP contribution in [0.3, 0.4) is 0 Å². The predicted molar refractivity (Wildman–Crippen MR) is 93.6 cm³/mol. The van der Waals surface area contributed by atoms with E-state index < -0.39 is 0 Å². The van der Waals surface area contributed by atoms with Gasteiger partial charge >= 0.3 is 0 Å². The van der Waals surface area contributed by atoms with Gasteiger partial charge < -0.3 is 5.11 Å². The highest BCUT2D eigenvalue weighted by Crippen LogP contribution is 2.37. The molecule has 3 rings (SSSR count). The number of phenolic OH excluding ortho intramolecular Hbond substituents is 1. The lowest BCUT2D eigenvalue weighted by molar-refractivity contribution is 0.248. The lowest BCUT2D eigenvalue weighted by atomic mass is 9.95. The molecule has 0 spiro atoms. The van der Waals surface area contributed by atoms with Gasteiger partial charge in [-0.2, -0.15) is 0 Å². The minimum absolute atomic E-state index is 0.443. The second-order valence-corrected chi connectivity index (χ2v) is 7.62. The molecule has 1 atom stereocenters. The van der Waals surface area contributed by atoms with E-state index in [9.17, 15) is 5.11 Å². The van der Waals surface area contributed by atoms with E-state index in [1.165, 1.54) is 28.8 Å². The zero-order valence-corrected chi connectivity index (χ0v) is 14.5. The van der Waals surface area contributed by atoms with Crippen molar-refractivity contribution in [3.63, 3.8) is 0 Å². The Morgan fingerprint density at radius 2 is 2.18 bits per heavy atom. The van der Waals surface area contributed by atoms with Crippen molar-refractivity contribution in [1.82, 2.24) is 4.90 Å². The second-order valence-electron chi connectivity index (χ2n) is 6.64. The molecule has 1 unspecified atom stereocenters. The van der Waals surface area contributed by atoms with Gasteiger partial charge in [-0.1, -0.05) is 26.0 Å². The molecular weight excluding hydrogens is 290 g/mol. The summed E-state index contributed by atoms with van der Waals surface area (Å²) in [5.74, 6) is 0.935. The van der Waals surface area contributed by atoms with Crippen LogP contribution in [-0.2, 0) is 6.54 Å². The van der Waals surface area contributed by atoms with E-state index in [-0.39, 0.29) is 0 Å². The molecule has 118 valence electrons. The van der Waals surface area contributed by atoms with Gasteiger partial charge in [0.2, 0.25) is 0 Å². The third kappa shape index (κ3) is 3.06. The monoisotopic (exact) mass is 315 g/mol.